The number of nitrogens with one attached hydrogen (secondary N) is 2. The van der Waals surface area contributed by atoms with Crippen LogP contribution in [0.3, 0.4) is 0 Å². The van der Waals surface area contributed by atoms with Gasteiger partial charge in [-0.05, 0) is 31.9 Å². The average Bonchev–Trinajstić information content (AvgIpc) is 3.06. The van der Waals surface area contributed by atoms with Crippen molar-refractivity contribution in [2.45, 2.75) is 38.1 Å². The van der Waals surface area contributed by atoms with Gasteiger partial charge in [-0.25, -0.2) is 0 Å². The number of thiophene rings is 1. The predicted octanol–water partition coefficient (Wildman–Crippen LogP) is 1.21. The lowest BCUT2D eigenvalue weighted by molar-refractivity contribution is -0.122. The summed E-state index contributed by atoms with van der Waals surface area (Å²) in [5.74, 6) is -0.481. The van der Waals surface area contributed by atoms with Gasteiger partial charge in [-0.1, -0.05) is 12.8 Å². The third kappa shape index (κ3) is 3.58. The van der Waals surface area contributed by atoms with Crippen LogP contribution in [0.1, 0.15) is 40.2 Å². The highest BCUT2D eigenvalue weighted by Gasteiger charge is 2.34. The van der Waals surface area contributed by atoms with E-state index >= 15 is 0 Å². The second kappa shape index (κ2) is 6.37. The molecule has 20 heavy (non-hydrogen) atoms. The van der Waals surface area contributed by atoms with Crippen molar-refractivity contribution in [1.29, 1.82) is 0 Å². The largest absolute Gasteiger partial charge is 0.394 e. The van der Waals surface area contributed by atoms with E-state index in [-0.39, 0.29) is 25.0 Å². The molecule has 2 amide bonds. The van der Waals surface area contributed by atoms with Gasteiger partial charge in [0.15, 0.2) is 0 Å². The lowest BCUT2D eigenvalue weighted by Crippen LogP contribution is -2.52. The second-order valence-electron chi connectivity index (χ2n) is 5.29. The molecule has 0 aliphatic heterocycles. The molecule has 1 aliphatic rings. The van der Waals surface area contributed by atoms with Gasteiger partial charge in [-0.2, -0.15) is 0 Å². The standard InChI is InChI=1S/C14H20N2O3S/c1-10-4-5-11(20-10)13(19)15-8-12(18)16-14(9-17)6-2-3-7-14/h4-5,17H,2-3,6-9H2,1H3,(H,15,19)(H,16,18). The average molecular weight is 296 g/mol. The SMILES string of the molecule is Cc1ccc(C(=O)NCC(=O)NC2(CO)CCCC2)s1. The molecule has 1 heterocycles. The molecule has 2 rings (SSSR count). The van der Waals surface area contributed by atoms with Crippen LogP contribution in [-0.2, 0) is 4.79 Å². The van der Waals surface area contributed by atoms with E-state index in [4.69, 9.17) is 0 Å². The molecular weight excluding hydrogens is 276 g/mol. The zero-order valence-corrected chi connectivity index (χ0v) is 12.4. The van der Waals surface area contributed by atoms with Gasteiger partial charge in [0, 0.05) is 4.88 Å². The Hall–Kier alpha value is -1.40. The molecule has 0 radical (unpaired) electrons. The van der Waals surface area contributed by atoms with Gasteiger partial charge in [0.25, 0.3) is 5.91 Å². The van der Waals surface area contributed by atoms with Crippen molar-refractivity contribution in [2.75, 3.05) is 13.2 Å². The Morgan fingerprint density at radius 2 is 2.05 bits per heavy atom. The number of amides is 2. The Morgan fingerprint density at radius 3 is 2.60 bits per heavy atom. The van der Waals surface area contributed by atoms with Gasteiger partial charge in [0.2, 0.25) is 5.91 Å². The van der Waals surface area contributed by atoms with Crippen molar-refractivity contribution in [2.24, 2.45) is 0 Å². The number of aryl methyl sites for hydroxylation is 1. The highest BCUT2D eigenvalue weighted by atomic mass is 32.1. The first-order valence-electron chi connectivity index (χ1n) is 6.81. The molecule has 0 aromatic carbocycles. The third-order valence-electron chi connectivity index (χ3n) is 3.64. The quantitative estimate of drug-likeness (QED) is 0.764. The van der Waals surface area contributed by atoms with E-state index < -0.39 is 5.54 Å². The van der Waals surface area contributed by atoms with Gasteiger partial charge in [0.1, 0.15) is 0 Å². The van der Waals surface area contributed by atoms with Crippen molar-refractivity contribution in [3.05, 3.63) is 21.9 Å². The zero-order chi connectivity index (χ0) is 14.6. The van der Waals surface area contributed by atoms with Crippen LogP contribution in [0, 0.1) is 6.92 Å². The smallest absolute Gasteiger partial charge is 0.261 e. The van der Waals surface area contributed by atoms with Gasteiger partial charge < -0.3 is 15.7 Å². The summed E-state index contributed by atoms with van der Waals surface area (Å²) in [7, 11) is 0. The molecular formula is C14H20N2O3S. The highest BCUT2D eigenvalue weighted by molar-refractivity contribution is 7.13. The maximum atomic E-state index is 11.9. The molecule has 3 N–H and O–H groups in total. The molecule has 0 spiro atoms. The number of rotatable bonds is 5. The summed E-state index contributed by atoms with van der Waals surface area (Å²) in [5.41, 5.74) is -0.485. The molecule has 1 saturated carbocycles. The fourth-order valence-electron chi connectivity index (χ4n) is 2.52. The van der Waals surface area contributed by atoms with Crippen molar-refractivity contribution >= 4 is 23.2 Å². The van der Waals surface area contributed by atoms with Crippen molar-refractivity contribution in [3.8, 4) is 0 Å². The van der Waals surface area contributed by atoms with Crippen molar-refractivity contribution in [3.63, 3.8) is 0 Å². The predicted molar refractivity (Wildman–Crippen MR) is 77.8 cm³/mol. The number of carbonyl (C=O) groups excluding carboxylic acids is 2. The summed E-state index contributed by atoms with van der Waals surface area (Å²) in [4.78, 5) is 25.4. The molecule has 1 aromatic heterocycles. The maximum absolute atomic E-state index is 11.9. The Balaban J connectivity index is 1.81. The highest BCUT2D eigenvalue weighted by Crippen LogP contribution is 2.28. The summed E-state index contributed by atoms with van der Waals surface area (Å²) in [6, 6.07) is 3.62. The Kier molecular flexibility index (Phi) is 4.77. The topological polar surface area (TPSA) is 78.4 Å². The molecule has 6 heteroatoms. The number of hydrogen-bond donors (Lipinski definition) is 3. The van der Waals surface area contributed by atoms with Crippen LogP contribution >= 0.6 is 11.3 Å². The van der Waals surface area contributed by atoms with Crippen LogP contribution in [0.2, 0.25) is 0 Å². The van der Waals surface area contributed by atoms with E-state index in [0.717, 1.165) is 30.6 Å². The van der Waals surface area contributed by atoms with Gasteiger partial charge in [-0.15, -0.1) is 11.3 Å². The van der Waals surface area contributed by atoms with E-state index in [2.05, 4.69) is 10.6 Å². The fraction of sp³-hybridized carbons (Fsp3) is 0.571. The van der Waals surface area contributed by atoms with E-state index in [1.54, 1.807) is 6.07 Å². The number of aliphatic hydroxyl groups is 1. The molecule has 0 atom stereocenters. The monoisotopic (exact) mass is 296 g/mol. The first-order chi connectivity index (χ1) is 9.54. The van der Waals surface area contributed by atoms with Crippen LogP contribution < -0.4 is 10.6 Å². The minimum atomic E-state index is -0.485. The lowest BCUT2D eigenvalue weighted by Gasteiger charge is -2.27. The van der Waals surface area contributed by atoms with Crippen LogP contribution in [0.4, 0.5) is 0 Å². The molecule has 1 aromatic rings. The van der Waals surface area contributed by atoms with Gasteiger partial charge in [0.05, 0.1) is 23.6 Å². The molecule has 1 fully saturated rings. The first-order valence-corrected chi connectivity index (χ1v) is 7.63. The summed E-state index contributed by atoms with van der Waals surface area (Å²) >= 11 is 1.40. The Bertz CT molecular complexity index is 492. The maximum Gasteiger partial charge on any atom is 0.261 e. The number of hydrogen-bond acceptors (Lipinski definition) is 4. The van der Waals surface area contributed by atoms with E-state index in [1.807, 2.05) is 13.0 Å². The molecule has 0 unspecified atom stereocenters. The van der Waals surface area contributed by atoms with Crippen LogP contribution in [0.5, 0.6) is 0 Å². The second-order valence-corrected chi connectivity index (χ2v) is 6.57. The Morgan fingerprint density at radius 1 is 1.35 bits per heavy atom. The summed E-state index contributed by atoms with van der Waals surface area (Å²) in [6.45, 7) is 1.83. The van der Waals surface area contributed by atoms with Crippen LogP contribution in [0.25, 0.3) is 0 Å². The van der Waals surface area contributed by atoms with Crippen molar-refractivity contribution in [1.82, 2.24) is 10.6 Å². The third-order valence-corrected chi connectivity index (χ3v) is 4.64. The lowest BCUT2D eigenvalue weighted by atomic mass is 9.99. The fourth-order valence-corrected chi connectivity index (χ4v) is 3.30. The summed E-state index contributed by atoms with van der Waals surface area (Å²) < 4.78 is 0. The zero-order valence-electron chi connectivity index (χ0n) is 11.6. The van der Waals surface area contributed by atoms with Gasteiger partial charge >= 0.3 is 0 Å². The molecule has 0 bridgehead atoms. The first kappa shape index (κ1) is 15.0. The minimum absolute atomic E-state index is 0.0448. The van der Waals surface area contributed by atoms with Gasteiger partial charge in [-0.3, -0.25) is 9.59 Å². The van der Waals surface area contributed by atoms with E-state index in [0.29, 0.717) is 4.88 Å². The molecule has 1 aliphatic carbocycles. The molecule has 110 valence electrons. The number of aliphatic hydroxyl groups excluding tert-OH is 1. The normalized spacial score (nSPS) is 16.9. The van der Waals surface area contributed by atoms with Crippen LogP contribution in [-0.4, -0.2) is 35.6 Å². The Labute approximate surface area is 122 Å². The summed E-state index contributed by atoms with van der Waals surface area (Å²) in [5, 5.41) is 14.9. The molecule has 0 saturated heterocycles. The van der Waals surface area contributed by atoms with E-state index in [1.165, 1.54) is 11.3 Å². The summed E-state index contributed by atoms with van der Waals surface area (Å²) in [6.07, 6.45) is 3.63. The number of carbonyl (C=O) groups is 2. The van der Waals surface area contributed by atoms with E-state index in [9.17, 15) is 14.7 Å². The van der Waals surface area contributed by atoms with Crippen molar-refractivity contribution < 1.29 is 14.7 Å². The van der Waals surface area contributed by atoms with Crippen LogP contribution in [0.15, 0.2) is 12.1 Å². The minimum Gasteiger partial charge on any atom is -0.394 e. The molecule has 5 nitrogen and oxygen atoms in total.